The van der Waals surface area contributed by atoms with Crippen molar-refractivity contribution in [3.63, 3.8) is 0 Å². The topological polar surface area (TPSA) is 60.2 Å². The molecule has 1 aromatic heterocycles. The molecule has 0 aromatic carbocycles. The predicted octanol–water partition coefficient (Wildman–Crippen LogP) is 0.825. The third-order valence-electron chi connectivity index (χ3n) is 3.83. The molecular weight excluding hydrogens is 244 g/mol. The summed E-state index contributed by atoms with van der Waals surface area (Å²) in [6, 6.07) is 0. The number of hydrogen-bond acceptors (Lipinski definition) is 4. The van der Waals surface area contributed by atoms with E-state index in [1.54, 1.807) is 20.4 Å². The number of carbonyl (C=O) groups is 1. The molecule has 0 saturated carbocycles. The second kappa shape index (κ2) is 5.69. The van der Waals surface area contributed by atoms with Crippen LogP contribution in [0.3, 0.4) is 0 Å². The van der Waals surface area contributed by atoms with E-state index < -0.39 is 0 Å². The molecule has 2 heterocycles. The fraction of sp³-hybridized carbons (Fsp3) is 0.769. The summed E-state index contributed by atoms with van der Waals surface area (Å²) in [6.07, 6.45) is 3.78. The van der Waals surface area contributed by atoms with Crippen molar-refractivity contribution in [2.24, 2.45) is 0 Å². The Morgan fingerprint density at radius 1 is 1.58 bits per heavy atom. The maximum absolute atomic E-state index is 11.6. The van der Waals surface area contributed by atoms with E-state index in [1.165, 1.54) is 0 Å². The third-order valence-corrected chi connectivity index (χ3v) is 3.83. The first kappa shape index (κ1) is 14.0. The lowest BCUT2D eigenvalue weighted by Gasteiger charge is -2.39. The molecule has 1 atom stereocenters. The van der Waals surface area contributed by atoms with Crippen LogP contribution in [0.5, 0.6) is 0 Å². The van der Waals surface area contributed by atoms with Crippen molar-refractivity contribution >= 4 is 5.91 Å². The van der Waals surface area contributed by atoms with Gasteiger partial charge in [-0.15, -0.1) is 10.2 Å². The summed E-state index contributed by atoms with van der Waals surface area (Å²) in [5, 5.41) is 8.30. The number of amides is 1. The molecule has 0 N–H and O–H groups in total. The van der Waals surface area contributed by atoms with Gasteiger partial charge < -0.3 is 14.2 Å². The van der Waals surface area contributed by atoms with E-state index in [4.69, 9.17) is 4.74 Å². The summed E-state index contributed by atoms with van der Waals surface area (Å²) in [5.41, 5.74) is -0.117. The van der Waals surface area contributed by atoms with Crippen molar-refractivity contribution < 1.29 is 9.53 Å². The molecule has 0 aliphatic carbocycles. The Labute approximate surface area is 113 Å². The SMILES string of the molecule is COCCn1cnnc1C1(C)CCCN(C(C)=O)C1. The van der Waals surface area contributed by atoms with Gasteiger partial charge in [-0.2, -0.15) is 0 Å². The van der Waals surface area contributed by atoms with Gasteiger partial charge in [-0.05, 0) is 12.8 Å². The van der Waals surface area contributed by atoms with E-state index in [9.17, 15) is 4.79 Å². The molecule has 0 bridgehead atoms. The van der Waals surface area contributed by atoms with Gasteiger partial charge in [0.1, 0.15) is 12.2 Å². The van der Waals surface area contributed by atoms with Crippen molar-refractivity contribution in [3.8, 4) is 0 Å². The zero-order valence-electron chi connectivity index (χ0n) is 11.9. The van der Waals surface area contributed by atoms with Crippen LogP contribution in [0.4, 0.5) is 0 Å². The van der Waals surface area contributed by atoms with Crippen molar-refractivity contribution in [1.82, 2.24) is 19.7 Å². The fourth-order valence-corrected chi connectivity index (χ4v) is 2.77. The van der Waals surface area contributed by atoms with Gasteiger partial charge >= 0.3 is 0 Å². The largest absolute Gasteiger partial charge is 0.383 e. The van der Waals surface area contributed by atoms with Gasteiger partial charge in [-0.1, -0.05) is 6.92 Å². The molecule has 1 unspecified atom stereocenters. The molecule has 19 heavy (non-hydrogen) atoms. The van der Waals surface area contributed by atoms with Gasteiger partial charge in [0.2, 0.25) is 5.91 Å². The highest BCUT2D eigenvalue weighted by atomic mass is 16.5. The van der Waals surface area contributed by atoms with Crippen LogP contribution in [-0.2, 0) is 21.5 Å². The van der Waals surface area contributed by atoms with Gasteiger partial charge in [0.25, 0.3) is 0 Å². The second-order valence-electron chi connectivity index (χ2n) is 5.45. The Balaban J connectivity index is 2.19. The van der Waals surface area contributed by atoms with Gasteiger partial charge in [-0.25, -0.2) is 0 Å². The van der Waals surface area contributed by atoms with Crippen LogP contribution in [0.25, 0.3) is 0 Å². The first-order valence-corrected chi connectivity index (χ1v) is 6.69. The molecule has 1 saturated heterocycles. The summed E-state index contributed by atoms with van der Waals surface area (Å²) in [4.78, 5) is 13.5. The number of piperidine rings is 1. The number of rotatable bonds is 4. The summed E-state index contributed by atoms with van der Waals surface area (Å²) >= 11 is 0. The third kappa shape index (κ3) is 2.94. The molecule has 1 fully saturated rings. The van der Waals surface area contributed by atoms with Crippen molar-refractivity contribution in [1.29, 1.82) is 0 Å². The van der Waals surface area contributed by atoms with E-state index in [0.717, 1.165) is 31.8 Å². The molecule has 0 radical (unpaired) electrons. The number of ether oxygens (including phenoxy) is 1. The van der Waals surface area contributed by atoms with Crippen LogP contribution in [-0.4, -0.2) is 52.4 Å². The molecule has 1 aromatic rings. The summed E-state index contributed by atoms with van der Waals surface area (Å²) in [5.74, 6) is 1.09. The number of nitrogens with zero attached hydrogens (tertiary/aromatic N) is 4. The molecule has 1 aliphatic rings. The van der Waals surface area contributed by atoms with E-state index >= 15 is 0 Å². The Bertz CT molecular complexity index is 446. The van der Waals surface area contributed by atoms with E-state index in [0.29, 0.717) is 13.2 Å². The van der Waals surface area contributed by atoms with Gasteiger partial charge in [0.15, 0.2) is 0 Å². The molecule has 6 nitrogen and oxygen atoms in total. The highest BCUT2D eigenvalue weighted by Gasteiger charge is 2.37. The summed E-state index contributed by atoms with van der Waals surface area (Å²) in [6.45, 7) is 6.73. The lowest BCUT2D eigenvalue weighted by Crippen LogP contribution is -2.47. The van der Waals surface area contributed by atoms with Crippen LogP contribution in [0.1, 0.15) is 32.5 Å². The first-order chi connectivity index (χ1) is 9.07. The van der Waals surface area contributed by atoms with Crippen LogP contribution in [0.15, 0.2) is 6.33 Å². The first-order valence-electron chi connectivity index (χ1n) is 6.69. The Morgan fingerprint density at radius 2 is 2.37 bits per heavy atom. The highest BCUT2D eigenvalue weighted by Crippen LogP contribution is 2.32. The number of aromatic nitrogens is 3. The van der Waals surface area contributed by atoms with Crippen LogP contribution >= 0.6 is 0 Å². The zero-order chi connectivity index (χ0) is 13.9. The van der Waals surface area contributed by atoms with E-state index in [-0.39, 0.29) is 11.3 Å². The monoisotopic (exact) mass is 266 g/mol. The van der Waals surface area contributed by atoms with Gasteiger partial charge in [-0.3, -0.25) is 4.79 Å². The van der Waals surface area contributed by atoms with Crippen molar-refractivity contribution in [3.05, 3.63) is 12.2 Å². The van der Waals surface area contributed by atoms with Crippen molar-refractivity contribution in [2.75, 3.05) is 26.8 Å². The van der Waals surface area contributed by atoms with Crippen LogP contribution < -0.4 is 0 Å². The van der Waals surface area contributed by atoms with Gasteiger partial charge in [0, 0.05) is 39.1 Å². The quantitative estimate of drug-likeness (QED) is 0.809. The smallest absolute Gasteiger partial charge is 0.219 e. The van der Waals surface area contributed by atoms with Crippen LogP contribution in [0, 0.1) is 0 Å². The minimum Gasteiger partial charge on any atom is -0.383 e. The Kier molecular flexibility index (Phi) is 4.19. The maximum Gasteiger partial charge on any atom is 0.219 e. The van der Waals surface area contributed by atoms with Crippen molar-refractivity contribution in [2.45, 2.75) is 38.6 Å². The van der Waals surface area contributed by atoms with E-state index in [2.05, 4.69) is 17.1 Å². The average molecular weight is 266 g/mol. The average Bonchev–Trinajstić information content (AvgIpc) is 2.85. The van der Waals surface area contributed by atoms with Gasteiger partial charge in [0.05, 0.1) is 6.61 Å². The minimum absolute atomic E-state index is 0.117. The molecular formula is C13H22N4O2. The minimum atomic E-state index is -0.117. The Morgan fingerprint density at radius 3 is 3.05 bits per heavy atom. The number of carbonyl (C=O) groups excluding carboxylic acids is 1. The maximum atomic E-state index is 11.6. The normalized spacial score (nSPS) is 23.6. The molecule has 1 amide bonds. The van der Waals surface area contributed by atoms with Crippen LogP contribution in [0.2, 0.25) is 0 Å². The fourth-order valence-electron chi connectivity index (χ4n) is 2.77. The number of methoxy groups -OCH3 is 1. The highest BCUT2D eigenvalue weighted by molar-refractivity contribution is 5.73. The van der Waals surface area contributed by atoms with E-state index in [1.807, 2.05) is 9.47 Å². The lowest BCUT2D eigenvalue weighted by molar-refractivity contribution is -0.131. The molecule has 2 rings (SSSR count). The molecule has 1 aliphatic heterocycles. The lowest BCUT2D eigenvalue weighted by atomic mass is 9.81. The zero-order valence-corrected chi connectivity index (χ0v) is 11.9. The summed E-state index contributed by atoms with van der Waals surface area (Å²) < 4.78 is 7.14. The standard InChI is InChI=1S/C13H22N4O2/c1-11(18)16-6-4-5-13(2,9-16)12-15-14-10-17(12)7-8-19-3/h10H,4-9H2,1-3H3. The number of likely N-dealkylation sites (tertiary alicyclic amines) is 1. The predicted molar refractivity (Wildman–Crippen MR) is 70.7 cm³/mol. The number of hydrogen-bond donors (Lipinski definition) is 0. The Hall–Kier alpha value is -1.43. The molecule has 106 valence electrons. The molecule has 6 heteroatoms. The summed E-state index contributed by atoms with van der Waals surface area (Å²) in [7, 11) is 1.68. The second-order valence-corrected chi connectivity index (χ2v) is 5.45. The molecule has 0 spiro atoms.